The molecule has 2 N–H and O–H groups in total. The highest BCUT2D eigenvalue weighted by Crippen LogP contribution is 2.21. The van der Waals surface area contributed by atoms with Gasteiger partial charge in [0.2, 0.25) is 0 Å². The summed E-state index contributed by atoms with van der Waals surface area (Å²) in [6.45, 7) is 4.10. The molecule has 0 bridgehead atoms. The molecule has 2 saturated heterocycles. The van der Waals surface area contributed by atoms with E-state index in [1.807, 2.05) is 0 Å². The molecule has 5 nitrogen and oxygen atoms in total. The Morgan fingerprint density at radius 1 is 1.24 bits per heavy atom. The monoisotopic (exact) mass is 245 g/mol. The van der Waals surface area contributed by atoms with Gasteiger partial charge in [0.1, 0.15) is 0 Å². The van der Waals surface area contributed by atoms with E-state index in [2.05, 4.69) is 4.90 Å². The Balaban J connectivity index is 0.000000317. The Morgan fingerprint density at radius 3 is 2.35 bits per heavy atom. The van der Waals surface area contributed by atoms with Gasteiger partial charge in [0.15, 0.2) is 6.29 Å². The number of carboxylic acids is 1. The third-order valence-corrected chi connectivity index (χ3v) is 3.12. The maximum Gasteiger partial charge on any atom is 0.300 e. The van der Waals surface area contributed by atoms with Crippen LogP contribution in [-0.4, -0.2) is 53.1 Å². The number of aliphatic hydroxyl groups is 1. The Kier molecular flexibility index (Phi) is 6.47. The number of carboxylic acid groups (broad SMARTS) is 1. The van der Waals surface area contributed by atoms with Crippen LogP contribution in [0.1, 0.15) is 39.0 Å². The SMILES string of the molecule is CC(=O)O.O[C@H]1OCCC[C@@H]1N1CCCCC1. The number of piperidine rings is 1. The molecule has 2 fully saturated rings. The molecular formula is C12H23NO4. The number of hydrogen-bond acceptors (Lipinski definition) is 4. The van der Waals surface area contributed by atoms with Gasteiger partial charge in [0.25, 0.3) is 5.97 Å². The number of aliphatic carboxylic acids is 1. The lowest BCUT2D eigenvalue weighted by Gasteiger charge is -2.39. The van der Waals surface area contributed by atoms with Crippen LogP contribution in [-0.2, 0) is 9.53 Å². The van der Waals surface area contributed by atoms with Crippen LogP contribution in [0.5, 0.6) is 0 Å². The molecule has 0 spiro atoms. The third kappa shape index (κ3) is 5.48. The van der Waals surface area contributed by atoms with Gasteiger partial charge < -0.3 is 14.9 Å². The topological polar surface area (TPSA) is 70.0 Å². The molecule has 0 aromatic carbocycles. The van der Waals surface area contributed by atoms with Crippen molar-refractivity contribution in [1.29, 1.82) is 0 Å². The van der Waals surface area contributed by atoms with Gasteiger partial charge in [-0.05, 0) is 38.8 Å². The van der Waals surface area contributed by atoms with Crippen molar-refractivity contribution >= 4 is 5.97 Å². The van der Waals surface area contributed by atoms with Crippen LogP contribution >= 0.6 is 0 Å². The summed E-state index contributed by atoms with van der Waals surface area (Å²) in [4.78, 5) is 11.4. The highest BCUT2D eigenvalue weighted by molar-refractivity contribution is 5.62. The molecular weight excluding hydrogens is 222 g/mol. The highest BCUT2D eigenvalue weighted by Gasteiger charge is 2.29. The quantitative estimate of drug-likeness (QED) is 0.723. The van der Waals surface area contributed by atoms with E-state index in [0.29, 0.717) is 0 Å². The summed E-state index contributed by atoms with van der Waals surface area (Å²) in [6.07, 6.45) is 5.57. The molecule has 5 heteroatoms. The van der Waals surface area contributed by atoms with E-state index in [1.54, 1.807) is 0 Å². The minimum Gasteiger partial charge on any atom is -0.481 e. The van der Waals surface area contributed by atoms with Gasteiger partial charge in [-0.25, -0.2) is 0 Å². The van der Waals surface area contributed by atoms with E-state index >= 15 is 0 Å². The third-order valence-electron chi connectivity index (χ3n) is 3.12. The number of rotatable bonds is 1. The van der Waals surface area contributed by atoms with Crippen LogP contribution < -0.4 is 0 Å². The molecule has 2 aliphatic heterocycles. The van der Waals surface area contributed by atoms with E-state index in [4.69, 9.17) is 14.6 Å². The number of carbonyl (C=O) groups is 1. The van der Waals surface area contributed by atoms with Gasteiger partial charge in [-0.3, -0.25) is 9.69 Å². The molecule has 2 atom stereocenters. The average molecular weight is 245 g/mol. The fourth-order valence-corrected chi connectivity index (χ4v) is 2.36. The molecule has 0 amide bonds. The van der Waals surface area contributed by atoms with Gasteiger partial charge in [0, 0.05) is 13.5 Å². The Labute approximate surface area is 102 Å². The second-order valence-electron chi connectivity index (χ2n) is 4.59. The Morgan fingerprint density at radius 2 is 1.82 bits per heavy atom. The van der Waals surface area contributed by atoms with E-state index in [9.17, 15) is 5.11 Å². The highest BCUT2D eigenvalue weighted by atomic mass is 16.6. The first-order chi connectivity index (χ1) is 8.11. The van der Waals surface area contributed by atoms with Gasteiger partial charge in [0.05, 0.1) is 6.04 Å². The first-order valence-electron chi connectivity index (χ1n) is 6.34. The number of aliphatic hydroxyl groups excluding tert-OH is 1. The van der Waals surface area contributed by atoms with Gasteiger partial charge in [-0.1, -0.05) is 6.42 Å². The summed E-state index contributed by atoms with van der Waals surface area (Å²) in [6, 6.07) is 0.272. The fraction of sp³-hybridized carbons (Fsp3) is 0.917. The van der Waals surface area contributed by atoms with E-state index in [0.717, 1.165) is 39.5 Å². The van der Waals surface area contributed by atoms with Crippen molar-refractivity contribution in [3.8, 4) is 0 Å². The minimum atomic E-state index is -0.833. The number of hydrogen-bond donors (Lipinski definition) is 2. The number of nitrogens with zero attached hydrogens (tertiary/aromatic N) is 1. The lowest BCUT2D eigenvalue weighted by molar-refractivity contribution is -0.169. The molecule has 0 radical (unpaired) electrons. The van der Waals surface area contributed by atoms with Crippen LogP contribution in [0, 0.1) is 0 Å². The van der Waals surface area contributed by atoms with Crippen molar-refractivity contribution in [2.75, 3.05) is 19.7 Å². The van der Waals surface area contributed by atoms with Crippen molar-refractivity contribution in [2.24, 2.45) is 0 Å². The summed E-state index contributed by atoms with van der Waals surface area (Å²) in [5.41, 5.74) is 0. The standard InChI is InChI=1S/C10H19NO2.C2H4O2/c12-10-9(5-4-8-13-10)11-6-2-1-3-7-11;1-2(3)4/h9-10,12H,1-8H2;1H3,(H,3,4)/t9-,10-;/m0./s1. The zero-order valence-electron chi connectivity index (χ0n) is 10.5. The Bertz CT molecular complexity index is 225. The van der Waals surface area contributed by atoms with Crippen LogP contribution in [0.4, 0.5) is 0 Å². The van der Waals surface area contributed by atoms with Crippen LogP contribution in [0.3, 0.4) is 0 Å². The minimum absolute atomic E-state index is 0.272. The molecule has 0 aromatic heterocycles. The van der Waals surface area contributed by atoms with Crippen molar-refractivity contribution in [3.63, 3.8) is 0 Å². The second kappa shape index (κ2) is 7.63. The predicted molar refractivity (Wildman–Crippen MR) is 63.7 cm³/mol. The summed E-state index contributed by atoms with van der Waals surface area (Å²) in [5, 5.41) is 17.1. The van der Waals surface area contributed by atoms with Crippen LogP contribution in [0.15, 0.2) is 0 Å². The molecule has 2 heterocycles. The smallest absolute Gasteiger partial charge is 0.300 e. The van der Waals surface area contributed by atoms with Gasteiger partial charge in [-0.15, -0.1) is 0 Å². The molecule has 0 aromatic rings. The molecule has 0 saturated carbocycles. The van der Waals surface area contributed by atoms with E-state index in [-0.39, 0.29) is 6.04 Å². The van der Waals surface area contributed by atoms with Gasteiger partial charge >= 0.3 is 0 Å². The molecule has 0 unspecified atom stereocenters. The van der Waals surface area contributed by atoms with Crippen LogP contribution in [0.2, 0.25) is 0 Å². The zero-order valence-corrected chi connectivity index (χ0v) is 10.5. The van der Waals surface area contributed by atoms with Crippen molar-refractivity contribution in [3.05, 3.63) is 0 Å². The number of likely N-dealkylation sites (tertiary alicyclic amines) is 1. The van der Waals surface area contributed by atoms with E-state index in [1.165, 1.54) is 19.3 Å². The maximum atomic E-state index is 9.66. The second-order valence-corrected chi connectivity index (χ2v) is 4.59. The van der Waals surface area contributed by atoms with Crippen LogP contribution in [0.25, 0.3) is 0 Å². The van der Waals surface area contributed by atoms with Crippen molar-refractivity contribution < 1.29 is 19.7 Å². The van der Waals surface area contributed by atoms with Gasteiger partial charge in [-0.2, -0.15) is 0 Å². The first-order valence-corrected chi connectivity index (χ1v) is 6.34. The molecule has 100 valence electrons. The lowest BCUT2D eigenvalue weighted by Crippen LogP contribution is -2.49. The van der Waals surface area contributed by atoms with Crippen molar-refractivity contribution in [2.45, 2.75) is 51.4 Å². The average Bonchev–Trinajstić information content (AvgIpc) is 2.30. The first kappa shape index (κ1) is 14.4. The predicted octanol–water partition coefficient (Wildman–Crippen LogP) is 1.06. The summed E-state index contributed by atoms with van der Waals surface area (Å²) in [7, 11) is 0. The molecule has 17 heavy (non-hydrogen) atoms. The lowest BCUT2D eigenvalue weighted by atomic mass is 10.0. The largest absolute Gasteiger partial charge is 0.481 e. The summed E-state index contributed by atoms with van der Waals surface area (Å²) >= 11 is 0. The van der Waals surface area contributed by atoms with Crippen molar-refractivity contribution in [1.82, 2.24) is 4.90 Å². The number of ether oxygens (including phenoxy) is 1. The Hall–Kier alpha value is -0.650. The van der Waals surface area contributed by atoms with E-state index < -0.39 is 12.3 Å². The summed E-state index contributed by atoms with van der Waals surface area (Å²) in [5.74, 6) is -0.833. The summed E-state index contributed by atoms with van der Waals surface area (Å²) < 4.78 is 5.26. The maximum absolute atomic E-state index is 9.66. The zero-order chi connectivity index (χ0) is 12.7. The molecule has 2 rings (SSSR count). The molecule has 0 aliphatic carbocycles. The fourth-order valence-electron chi connectivity index (χ4n) is 2.36. The molecule has 2 aliphatic rings. The normalized spacial score (nSPS) is 30.2.